The van der Waals surface area contributed by atoms with Crippen molar-refractivity contribution in [2.75, 3.05) is 0 Å². The topological polar surface area (TPSA) is 12.0 Å². The first-order valence-corrected chi connectivity index (χ1v) is 8.27. The molecule has 0 spiro atoms. The monoisotopic (exact) mass is 323 g/mol. The highest BCUT2D eigenvalue weighted by Gasteiger charge is 2.25. The van der Waals surface area contributed by atoms with Crippen molar-refractivity contribution in [3.8, 4) is 0 Å². The maximum atomic E-state index is 3.82. The van der Waals surface area contributed by atoms with Crippen molar-refractivity contribution in [2.24, 2.45) is 5.41 Å². The number of rotatable bonds is 3. The summed E-state index contributed by atoms with van der Waals surface area (Å²) in [7, 11) is 0. The fraction of sp³-hybridized carbons (Fsp3) is 0.647. The van der Waals surface area contributed by atoms with E-state index < -0.39 is 0 Å². The van der Waals surface area contributed by atoms with Crippen LogP contribution in [0.15, 0.2) is 28.7 Å². The van der Waals surface area contributed by atoms with Crippen molar-refractivity contribution in [2.45, 2.75) is 65.0 Å². The molecule has 0 amide bonds. The molecule has 0 bridgehead atoms. The highest BCUT2D eigenvalue weighted by atomic mass is 79.9. The number of nitrogens with one attached hydrogen (secondary N) is 1. The number of benzene rings is 1. The Bertz CT molecular complexity index is 413. The molecule has 2 atom stereocenters. The van der Waals surface area contributed by atoms with Crippen molar-refractivity contribution in [3.63, 3.8) is 0 Å². The maximum Gasteiger partial charge on any atom is 0.0294 e. The highest BCUT2D eigenvalue weighted by Crippen LogP contribution is 2.34. The second-order valence-corrected chi connectivity index (χ2v) is 7.65. The molecule has 1 saturated carbocycles. The Balaban J connectivity index is 1.93. The summed E-state index contributed by atoms with van der Waals surface area (Å²) in [6.07, 6.45) is 6.70. The third kappa shape index (κ3) is 4.61. The predicted octanol–water partition coefficient (Wildman–Crippen LogP) is 5.46. The molecular weight excluding hydrogens is 298 g/mol. The second-order valence-electron chi connectivity index (χ2n) is 6.74. The lowest BCUT2D eigenvalue weighted by Gasteiger charge is -2.24. The summed E-state index contributed by atoms with van der Waals surface area (Å²) in [4.78, 5) is 0. The van der Waals surface area contributed by atoms with Crippen LogP contribution in [0.3, 0.4) is 0 Å². The van der Waals surface area contributed by atoms with Crippen LogP contribution >= 0.6 is 15.9 Å². The molecule has 1 N–H and O–H groups in total. The van der Waals surface area contributed by atoms with Gasteiger partial charge in [-0.25, -0.2) is 0 Å². The first-order valence-electron chi connectivity index (χ1n) is 7.48. The molecule has 1 aliphatic carbocycles. The minimum atomic E-state index is 0.434. The summed E-state index contributed by atoms with van der Waals surface area (Å²) in [6, 6.07) is 9.75. The molecule has 1 aromatic rings. The van der Waals surface area contributed by atoms with Gasteiger partial charge in [-0.1, -0.05) is 48.3 Å². The number of halogens is 1. The van der Waals surface area contributed by atoms with Crippen LogP contribution in [0.4, 0.5) is 0 Å². The third-order valence-corrected chi connectivity index (χ3v) is 4.90. The van der Waals surface area contributed by atoms with Crippen LogP contribution in [0.5, 0.6) is 0 Å². The van der Waals surface area contributed by atoms with Gasteiger partial charge < -0.3 is 5.32 Å². The zero-order valence-corrected chi connectivity index (χ0v) is 14.0. The van der Waals surface area contributed by atoms with Crippen molar-refractivity contribution >= 4 is 15.9 Å². The Labute approximate surface area is 126 Å². The van der Waals surface area contributed by atoms with Gasteiger partial charge in [0.2, 0.25) is 0 Å². The Morgan fingerprint density at radius 3 is 2.79 bits per heavy atom. The predicted molar refractivity (Wildman–Crippen MR) is 86.3 cm³/mol. The van der Waals surface area contributed by atoms with Crippen molar-refractivity contribution < 1.29 is 0 Å². The van der Waals surface area contributed by atoms with Gasteiger partial charge in [-0.2, -0.15) is 0 Å². The molecule has 1 aliphatic rings. The molecule has 1 fully saturated rings. The lowest BCUT2D eigenvalue weighted by atomic mass is 9.85. The van der Waals surface area contributed by atoms with Gasteiger partial charge in [0, 0.05) is 16.6 Å². The largest absolute Gasteiger partial charge is 0.307 e. The van der Waals surface area contributed by atoms with Crippen LogP contribution in [0.1, 0.15) is 64.5 Å². The number of hydrogen-bond acceptors (Lipinski definition) is 1. The number of hydrogen-bond donors (Lipinski definition) is 1. The van der Waals surface area contributed by atoms with Crippen LogP contribution in [-0.4, -0.2) is 6.04 Å². The van der Waals surface area contributed by atoms with Crippen LogP contribution < -0.4 is 5.32 Å². The van der Waals surface area contributed by atoms with Crippen LogP contribution in [0.25, 0.3) is 0 Å². The van der Waals surface area contributed by atoms with E-state index in [-0.39, 0.29) is 0 Å². The minimum Gasteiger partial charge on any atom is -0.307 e. The fourth-order valence-corrected chi connectivity index (χ4v) is 3.47. The zero-order chi connectivity index (χ0) is 13.9. The van der Waals surface area contributed by atoms with Crippen molar-refractivity contribution in [1.29, 1.82) is 0 Å². The van der Waals surface area contributed by atoms with E-state index in [1.165, 1.54) is 42.1 Å². The van der Waals surface area contributed by atoms with E-state index in [4.69, 9.17) is 0 Å². The van der Waals surface area contributed by atoms with Crippen LogP contribution in [0.2, 0.25) is 0 Å². The molecule has 2 rings (SSSR count). The molecule has 2 heteroatoms. The molecular formula is C17H26BrN. The van der Waals surface area contributed by atoms with Gasteiger partial charge in [0.05, 0.1) is 0 Å². The standard InChI is InChI=1S/C17H26BrN/c1-13(14-6-4-7-15(18)12-14)19-16-8-5-10-17(2,3)11-9-16/h4,6-7,12-13,16,19H,5,8-11H2,1-3H3/t13-,16?/m0/s1. The third-order valence-electron chi connectivity index (χ3n) is 4.41. The van der Waals surface area contributed by atoms with Crippen molar-refractivity contribution in [3.05, 3.63) is 34.3 Å². The van der Waals surface area contributed by atoms with E-state index in [0.717, 1.165) is 0 Å². The summed E-state index contributed by atoms with van der Waals surface area (Å²) in [5.41, 5.74) is 1.91. The molecule has 0 aliphatic heterocycles. The highest BCUT2D eigenvalue weighted by molar-refractivity contribution is 9.10. The smallest absolute Gasteiger partial charge is 0.0294 e. The maximum absolute atomic E-state index is 3.82. The molecule has 1 unspecified atom stereocenters. The van der Waals surface area contributed by atoms with Crippen molar-refractivity contribution in [1.82, 2.24) is 5.32 Å². The van der Waals surface area contributed by atoms with Gasteiger partial charge in [-0.3, -0.25) is 0 Å². The van der Waals surface area contributed by atoms with Gasteiger partial charge in [0.25, 0.3) is 0 Å². The summed E-state index contributed by atoms with van der Waals surface area (Å²) >= 11 is 3.56. The van der Waals surface area contributed by atoms with E-state index in [9.17, 15) is 0 Å². The van der Waals surface area contributed by atoms with Gasteiger partial charge in [-0.05, 0) is 55.7 Å². The second kappa shape index (κ2) is 6.41. The summed E-state index contributed by atoms with van der Waals surface area (Å²) < 4.78 is 1.17. The van der Waals surface area contributed by atoms with Gasteiger partial charge in [0.15, 0.2) is 0 Å². The SMILES string of the molecule is C[C@H](NC1CCCC(C)(C)CC1)c1cccc(Br)c1. The summed E-state index contributed by atoms with van der Waals surface area (Å²) in [5.74, 6) is 0. The molecule has 0 radical (unpaired) electrons. The summed E-state index contributed by atoms with van der Waals surface area (Å²) in [5, 5.41) is 3.82. The van der Waals surface area contributed by atoms with Gasteiger partial charge >= 0.3 is 0 Å². The van der Waals surface area contributed by atoms with Crippen LogP contribution in [0, 0.1) is 5.41 Å². The van der Waals surface area contributed by atoms with E-state index >= 15 is 0 Å². The molecule has 19 heavy (non-hydrogen) atoms. The molecule has 0 aromatic heterocycles. The Hall–Kier alpha value is -0.340. The average Bonchev–Trinajstić information content (AvgIpc) is 2.51. The molecule has 106 valence electrons. The van der Waals surface area contributed by atoms with Gasteiger partial charge in [-0.15, -0.1) is 0 Å². The van der Waals surface area contributed by atoms with Gasteiger partial charge in [0.1, 0.15) is 0 Å². The molecule has 0 saturated heterocycles. The molecule has 0 heterocycles. The fourth-order valence-electron chi connectivity index (χ4n) is 3.05. The van der Waals surface area contributed by atoms with E-state index in [0.29, 0.717) is 17.5 Å². The first-order chi connectivity index (χ1) is 8.96. The quantitative estimate of drug-likeness (QED) is 0.728. The van der Waals surface area contributed by atoms with E-state index in [1.54, 1.807) is 0 Å². The molecule has 1 aromatic carbocycles. The normalized spacial score (nSPS) is 24.7. The zero-order valence-electron chi connectivity index (χ0n) is 12.4. The lowest BCUT2D eigenvalue weighted by Crippen LogP contribution is -2.31. The van der Waals surface area contributed by atoms with Crippen LogP contribution in [-0.2, 0) is 0 Å². The first kappa shape index (κ1) is 15.1. The Morgan fingerprint density at radius 2 is 2.05 bits per heavy atom. The minimum absolute atomic E-state index is 0.434. The summed E-state index contributed by atoms with van der Waals surface area (Å²) in [6.45, 7) is 7.10. The Kier molecular flexibility index (Phi) is 5.08. The average molecular weight is 324 g/mol. The van der Waals surface area contributed by atoms with E-state index in [1.807, 2.05) is 0 Å². The molecule has 1 nitrogen and oxygen atoms in total. The van der Waals surface area contributed by atoms with E-state index in [2.05, 4.69) is 66.3 Å². The Morgan fingerprint density at radius 1 is 1.26 bits per heavy atom. The lowest BCUT2D eigenvalue weighted by molar-refractivity contribution is 0.307.